The number of nitrogens with one attached hydrogen (secondary N) is 3. The molecule has 0 aliphatic carbocycles. The first-order chi connectivity index (χ1) is 14.7. The van der Waals surface area contributed by atoms with Crippen LogP contribution in [0, 0.1) is 6.92 Å². The summed E-state index contributed by atoms with van der Waals surface area (Å²) in [6.07, 6.45) is 2.74. The number of hydrogen-bond donors (Lipinski definition) is 3. The summed E-state index contributed by atoms with van der Waals surface area (Å²) in [6, 6.07) is 27.1. The number of nitrogens with zero attached hydrogens (tertiary/aromatic N) is 1. The third kappa shape index (κ3) is 4.75. The molecule has 1 aromatic heterocycles. The number of aryl methyl sites for hydroxylation is 1. The summed E-state index contributed by atoms with van der Waals surface area (Å²) >= 11 is 5.36. The summed E-state index contributed by atoms with van der Waals surface area (Å²) in [5.41, 5.74) is 9.74. The predicted octanol–water partition coefficient (Wildman–Crippen LogP) is 5.18. The van der Waals surface area contributed by atoms with Gasteiger partial charge in [-0.2, -0.15) is 5.10 Å². The van der Waals surface area contributed by atoms with Crippen molar-refractivity contribution >= 4 is 34.4 Å². The van der Waals surface area contributed by atoms with E-state index in [1.54, 1.807) is 0 Å². The normalized spacial score (nSPS) is 11.1. The first kappa shape index (κ1) is 19.9. The van der Waals surface area contributed by atoms with E-state index >= 15 is 0 Å². The van der Waals surface area contributed by atoms with E-state index in [1.165, 1.54) is 11.1 Å². The van der Waals surface area contributed by atoms with Crippen LogP contribution in [-0.2, 0) is 6.42 Å². The fraction of sp³-hybridized carbons (Fsp3) is 0.120. The van der Waals surface area contributed by atoms with Crippen molar-refractivity contribution in [2.24, 2.45) is 5.10 Å². The second-order valence-corrected chi connectivity index (χ2v) is 7.60. The SMILES string of the molecule is Cc1ccc(-c2[nH]c3ccccc3c2/C=N/NC(=S)NCCc2ccccc2)cc1. The van der Waals surface area contributed by atoms with E-state index in [0.29, 0.717) is 5.11 Å². The van der Waals surface area contributed by atoms with Gasteiger partial charge in [0.1, 0.15) is 0 Å². The average molecular weight is 413 g/mol. The van der Waals surface area contributed by atoms with Crippen LogP contribution < -0.4 is 10.7 Å². The molecule has 0 aliphatic rings. The molecule has 4 nitrogen and oxygen atoms in total. The molecule has 4 rings (SSSR count). The van der Waals surface area contributed by atoms with E-state index in [9.17, 15) is 0 Å². The number of para-hydroxylation sites is 1. The predicted molar refractivity (Wildman–Crippen MR) is 130 cm³/mol. The first-order valence-corrected chi connectivity index (χ1v) is 10.4. The molecule has 3 N–H and O–H groups in total. The number of hydrazone groups is 1. The van der Waals surface area contributed by atoms with Crippen LogP contribution in [0.4, 0.5) is 0 Å². The lowest BCUT2D eigenvalue weighted by molar-refractivity contribution is 0.838. The molecule has 5 heteroatoms. The Bertz CT molecular complexity index is 1160. The van der Waals surface area contributed by atoms with E-state index in [0.717, 1.165) is 40.7 Å². The molecule has 0 amide bonds. The quantitative estimate of drug-likeness (QED) is 0.232. The van der Waals surface area contributed by atoms with Gasteiger partial charge >= 0.3 is 0 Å². The molecule has 3 aromatic carbocycles. The minimum absolute atomic E-state index is 0.513. The van der Waals surface area contributed by atoms with E-state index in [-0.39, 0.29) is 0 Å². The zero-order chi connectivity index (χ0) is 20.8. The van der Waals surface area contributed by atoms with Crippen LogP contribution in [0.1, 0.15) is 16.7 Å². The van der Waals surface area contributed by atoms with Gasteiger partial charge in [-0.15, -0.1) is 0 Å². The highest BCUT2D eigenvalue weighted by atomic mass is 32.1. The highest BCUT2D eigenvalue weighted by molar-refractivity contribution is 7.80. The Morgan fingerprint density at radius 2 is 1.70 bits per heavy atom. The van der Waals surface area contributed by atoms with Crippen molar-refractivity contribution in [2.75, 3.05) is 6.54 Å². The Balaban J connectivity index is 1.46. The molecule has 1 heterocycles. The molecular weight excluding hydrogens is 388 g/mol. The Morgan fingerprint density at radius 3 is 2.50 bits per heavy atom. The van der Waals surface area contributed by atoms with Gasteiger partial charge < -0.3 is 10.3 Å². The molecule has 150 valence electrons. The third-order valence-corrected chi connectivity index (χ3v) is 5.22. The summed E-state index contributed by atoms with van der Waals surface area (Å²) < 4.78 is 0. The molecule has 0 radical (unpaired) electrons. The molecule has 0 unspecified atom stereocenters. The van der Waals surface area contributed by atoms with E-state index in [1.807, 2.05) is 36.5 Å². The van der Waals surface area contributed by atoms with Crippen LogP contribution in [0.25, 0.3) is 22.2 Å². The summed E-state index contributed by atoms with van der Waals surface area (Å²) in [7, 11) is 0. The highest BCUT2D eigenvalue weighted by Gasteiger charge is 2.11. The van der Waals surface area contributed by atoms with Crippen LogP contribution in [0.5, 0.6) is 0 Å². The number of aromatic amines is 1. The van der Waals surface area contributed by atoms with Crippen LogP contribution in [0.3, 0.4) is 0 Å². The zero-order valence-corrected chi connectivity index (χ0v) is 17.7. The van der Waals surface area contributed by atoms with Crippen molar-refractivity contribution in [2.45, 2.75) is 13.3 Å². The van der Waals surface area contributed by atoms with Crippen LogP contribution in [-0.4, -0.2) is 22.9 Å². The minimum Gasteiger partial charge on any atom is -0.361 e. The zero-order valence-electron chi connectivity index (χ0n) is 16.9. The standard InChI is InChI=1S/C25H24N4S/c1-18-11-13-20(14-12-18)24-22(21-9-5-6-10-23(21)28-24)17-27-29-25(30)26-16-15-19-7-3-2-4-8-19/h2-14,17,28H,15-16H2,1H3,(H2,26,29,30)/b27-17+. The van der Waals surface area contributed by atoms with E-state index < -0.39 is 0 Å². The third-order valence-electron chi connectivity index (χ3n) is 4.99. The number of hydrogen-bond acceptors (Lipinski definition) is 2. The molecular formula is C25H24N4S. The van der Waals surface area contributed by atoms with Crippen LogP contribution in [0.2, 0.25) is 0 Å². The maximum Gasteiger partial charge on any atom is 0.186 e. The molecule has 0 fully saturated rings. The Kier molecular flexibility index (Phi) is 6.20. The second-order valence-electron chi connectivity index (χ2n) is 7.19. The second kappa shape index (κ2) is 9.37. The lowest BCUT2D eigenvalue weighted by Crippen LogP contribution is -2.33. The molecule has 0 saturated carbocycles. The smallest absolute Gasteiger partial charge is 0.186 e. The van der Waals surface area contributed by atoms with Crippen LogP contribution >= 0.6 is 12.2 Å². The summed E-state index contributed by atoms with van der Waals surface area (Å²) in [5, 5.41) is 9.23. The number of fused-ring (bicyclic) bond motifs is 1. The Labute approximate surface area is 182 Å². The van der Waals surface area contributed by atoms with Gasteiger partial charge in [-0.3, -0.25) is 5.43 Å². The molecule has 0 spiro atoms. The number of H-pyrrole nitrogens is 1. The van der Waals surface area contributed by atoms with Crippen molar-refractivity contribution in [1.29, 1.82) is 0 Å². The van der Waals surface area contributed by atoms with Gasteiger partial charge in [0.05, 0.1) is 11.9 Å². The molecule has 0 aliphatic heterocycles. The lowest BCUT2D eigenvalue weighted by atomic mass is 10.0. The van der Waals surface area contributed by atoms with Crippen molar-refractivity contribution in [3.63, 3.8) is 0 Å². The molecule has 4 aromatic rings. The van der Waals surface area contributed by atoms with Gasteiger partial charge in [0.15, 0.2) is 5.11 Å². The maximum absolute atomic E-state index is 5.36. The molecule has 30 heavy (non-hydrogen) atoms. The topological polar surface area (TPSA) is 52.2 Å². The summed E-state index contributed by atoms with van der Waals surface area (Å²) in [6.45, 7) is 2.85. The lowest BCUT2D eigenvalue weighted by Gasteiger charge is -2.07. The number of aromatic nitrogens is 1. The fourth-order valence-electron chi connectivity index (χ4n) is 3.41. The first-order valence-electron chi connectivity index (χ1n) is 9.99. The molecule has 0 atom stereocenters. The van der Waals surface area contributed by atoms with Gasteiger partial charge in [0.2, 0.25) is 0 Å². The monoisotopic (exact) mass is 412 g/mol. The van der Waals surface area contributed by atoms with Crippen molar-refractivity contribution in [3.05, 3.63) is 95.6 Å². The Morgan fingerprint density at radius 1 is 0.967 bits per heavy atom. The maximum atomic E-state index is 5.36. The van der Waals surface area contributed by atoms with Crippen LogP contribution in [0.15, 0.2) is 84.0 Å². The van der Waals surface area contributed by atoms with Gasteiger partial charge in [-0.25, -0.2) is 0 Å². The van der Waals surface area contributed by atoms with Gasteiger partial charge in [-0.05, 0) is 42.8 Å². The number of benzene rings is 3. The van der Waals surface area contributed by atoms with Crippen molar-refractivity contribution in [1.82, 2.24) is 15.7 Å². The minimum atomic E-state index is 0.513. The summed E-state index contributed by atoms with van der Waals surface area (Å²) in [4.78, 5) is 3.52. The Hall–Kier alpha value is -3.44. The highest BCUT2D eigenvalue weighted by Crippen LogP contribution is 2.29. The van der Waals surface area contributed by atoms with Gasteiger partial charge in [0, 0.05) is 23.0 Å². The number of rotatable bonds is 6. The van der Waals surface area contributed by atoms with Crippen molar-refractivity contribution < 1.29 is 0 Å². The number of thiocarbonyl (C=S) groups is 1. The van der Waals surface area contributed by atoms with E-state index in [4.69, 9.17) is 12.2 Å². The van der Waals surface area contributed by atoms with Gasteiger partial charge in [-0.1, -0.05) is 78.4 Å². The largest absolute Gasteiger partial charge is 0.361 e. The summed E-state index contributed by atoms with van der Waals surface area (Å²) in [5.74, 6) is 0. The van der Waals surface area contributed by atoms with Crippen molar-refractivity contribution in [3.8, 4) is 11.3 Å². The average Bonchev–Trinajstić information content (AvgIpc) is 3.14. The van der Waals surface area contributed by atoms with E-state index in [2.05, 4.69) is 76.3 Å². The molecule has 0 saturated heterocycles. The fourth-order valence-corrected chi connectivity index (χ4v) is 3.56. The molecule has 0 bridgehead atoms. The van der Waals surface area contributed by atoms with Gasteiger partial charge in [0.25, 0.3) is 0 Å².